The topological polar surface area (TPSA) is 64.5 Å². The highest BCUT2D eigenvalue weighted by molar-refractivity contribution is 6.30. The van der Waals surface area contributed by atoms with Crippen molar-refractivity contribution in [3.63, 3.8) is 0 Å². The second-order valence-corrected chi connectivity index (χ2v) is 5.29. The van der Waals surface area contributed by atoms with Crippen molar-refractivity contribution in [2.45, 2.75) is 18.9 Å². The minimum absolute atomic E-state index is 0.378. The Kier molecular flexibility index (Phi) is 3.94. The van der Waals surface area contributed by atoms with Gasteiger partial charge in [0.05, 0.1) is 19.4 Å². The number of aliphatic hydroxyl groups is 1. The van der Waals surface area contributed by atoms with E-state index < -0.39 is 6.10 Å². The summed E-state index contributed by atoms with van der Waals surface area (Å²) in [7, 11) is 1.52. The summed E-state index contributed by atoms with van der Waals surface area (Å²) in [4.78, 5) is 8.01. The van der Waals surface area contributed by atoms with Crippen LogP contribution in [-0.4, -0.2) is 28.8 Å². The smallest absolute Gasteiger partial charge is 0.216 e. The van der Waals surface area contributed by atoms with Gasteiger partial charge in [-0.15, -0.1) is 0 Å². The molecule has 6 heteroatoms. The van der Waals surface area contributed by atoms with Crippen molar-refractivity contribution in [1.82, 2.24) is 9.97 Å². The van der Waals surface area contributed by atoms with E-state index in [1.165, 1.54) is 13.4 Å². The molecule has 1 aliphatic rings. The third kappa shape index (κ3) is 2.94. The predicted molar refractivity (Wildman–Crippen MR) is 77.9 cm³/mol. The Morgan fingerprint density at radius 1 is 1.38 bits per heavy atom. The number of hydrogen-bond acceptors (Lipinski definition) is 5. The van der Waals surface area contributed by atoms with Crippen molar-refractivity contribution in [3.05, 3.63) is 46.4 Å². The van der Waals surface area contributed by atoms with Crippen LogP contribution in [0.25, 0.3) is 0 Å². The van der Waals surface area contributed by atoms with E-state index in [9.17, 15) is 5.11 Å². The molecule has 3 rings (SSSR count). The fraction of sp³-hybridized carbons (Fsp3) is 0.333. The van der Waals surface area contributed by atoms with Crippen LogP contribution in [0.5, 0.6) is 11.6 Å². The molecule has 0 saturated heterocycles. The minimum Gasteiger partial charge on any atom is -0.493 e. The monoisotopic (exact) mass is 306 g/mol. The van der Waals surface area contributed by atoms with E-state index in [4.69, 9.17) is 21.1 Å². The highest BCUT2D eigenvalue weighted by atomic mass is 35.5. The molecule has 1 aromatic heterocycles. The molecule has 0 aliphatic carbocycles. The molecular formula is C15H15ClN2O3. The first kappa shape index (κ1) is 14.1. The van der Waals surface area contributed by atoms with Crippen LogP contribution in [0.15, 0.2) is 24.5 Å². The van der Waals surface area contributed by atoms with Gasteiger partial charge in [-0.05, 0) is 23.3 Å². The number of methoxy groups -OCH3 is 1. The number of aliphatic hydroxyl groups excluding tert-OH is 1. The molecule has 0 bridgehead atoms. The van der Waals surface area contributed by atoms with Gasteiger partial charge in [-0.1, -0.05) is 11.6 Å². The Morgan fingerprint density at radius 3 is 3.05 bits per heavy atom. The molecule has 1 aromatic carbocycles. The van der Waals surface area contributed by atoms with Crippen molar-refractivity contribution in [2.24, 2.45) is 0 Å². The Morgan fingerprint density at radius 2 is 2.24 bits per heavy atom. The zero-order chi connectivity index (χ0) is 14.8. The molecular weight excluding hydrogens is 292 g/mol. The number of fused-ring (bicyclic) bond motifs is 1. The number of hydrogen-bond donors (Lipinski definition) is 1. The fourth-order valence-corrected chi connectivity index (χ4v) is 2.72. The Hall–Kier alpha value is -1.85. The second-order valence-electron chi connectivity index (χ2n) is 4.86. The summed E-state index contributed by atoms with van der Waals surface area (Å²) in [6.07, 6.45) is 1.83. The lowest BCUT2D eigenvalue weighted by molar-refractivity contribution is 0.171. The molecule has 0 spiro atoms. The SMILES string of the molecule is COc1cc(C(O)Cc2cc(Cl)cc3c2OCC3)ncn1. The largest absolute Gasteiger partial charge is 0.493 e. The third-order valence-electron chi connectivity index (χ3n) is 3.45. The van der Waals surface area contributed by atoms with E-state index in [0.717, 1.165) is 23.3 Å². The van der Waals surface area contributed by atoms with E-state index in [2.05, 4.69) is 9.97 Å². The van der Waals surface area contributed by atoms with Gasteiger partial charge in [-0.3, -0.25) is 0 Å². The molecule has 2 aromatic rings. The number of rotatable bonds is 4. The van der Waals surface area contributed by atoms with Crippen LogP contribution in [0, 0.1) is 0 Å². The van der Waals surface area contributed by atoms with Gasteiger partial charge in [0.1, 0.15) is 18.2 Å². The van der Waals surface area contributed by atoms with E-state index in [0.29, 0.717) is 29.6 Å². The third-order valence-corrected chi connectivity index (χ3v) is 3.67. The quantitative estimate of drug-likeness (QED) is 0.939. The molecule has 0 fully saturated rings. The lowest BCUT2D eigenvalue weighted by Crippen LogP contribution is -2.06. The second kappa shape index (κ2) is 5.87. The van der Waals surface area contributed by atoms with Crippen molar-refractivity contribution < 1.29 is 14.6 Å². The summed E-state index contributed by atoms with van der Waals surface area (Å²) in [6.45, 7) is 0.653. The average molecular weight is 307 g/mol. The summed E-state index contributed by atoms with van der Waals surface area (Å²) in [5.74, 6) is 1.26. The van der Waals surface area contributed by atoms with Crippen molar-refractivity contribution in [2.75, 3.05) is 13.7 Å². The minimum atomic E-state index is -0.770. The van der Waals surface area contributed by atoms with Gasteiger partial charge in [0.15, 0.2) is 0 Å². The van der Waals surface area contributed by atoms with Crippen LogP contribution in [0.4, 0.5) is 0 Å². The molecule has 0 amide bonds. The maximum Gasteiger partial charge on any atom is 0.216 e. The first-order valence-electron chi connectivity index (χ1n) is 6.65. The van der Waals surface area contributed by atoms with E-state index in [1.54, 1.807) is 6.07 Å². The van der Waals surface area contributed by atoms with Gasteiger partial charge in [0.25, 0.3) is 0 Å². The number of benzene rings is 1. The number of halogens is 1. The van der Waals surface area contributed by atoms with Crippen LogP contribution in [0.3, 0.4) is 0 Å². The molecule has 1 N–H and O–H groups in total. The van der Waals surface area contributed by atoms with Crippen molar-refractivity contribution in [1.29, 1.82) is 0 Å². The molecule has 5 nitrogen and oxygen atoms in total. The molecule has 1 unspecified atom stereocenters. The number of aromatic nitrogens is 2. The Labute approximate surface area is 127 Å². The Bertz CT molecular complexity index is 663. The van der Waals surface area contributed by atoms with Gasteiger partial charge in [-0.2, -0.15) is 0 Å². The predicted octanol–water partition coefficient (Wildman–Crippen LogP) is 2.35. The lowest BCUT2D eigenvalue weighted by atomic mass is 10.0. The van der Waals surface area contributed by atoms with Gasteiger partial charge < -0.3 is 14.6 Å². The van der Waals surface area contributed by atoms with Crippen molar-refractivity contribution >= 4 is 11.6 Å². The highest BCUT2D eigenvalue weighted by Gasteiger charge is 2.21. The first-order chi connectivity index (χ1) is 10.2. The van der Waals surface area contributed by atoms with Gasteiger partial charge in [0, 0.05) is 23.9 Å². The standard InChI is InChI=1S/C15H15ClN2O3/c1-20-14-7-12(17-8-18-14)13(19)6-10-5-11(16)4-9-2-3-21-15(9)10/h4-5,7-8,13,19H,2-3,6H2,1H3. The molecule has 1 aliphatic heterocycles. The molecule has 0 saturated carbocycles. The van der Waals surface area contributed by atoms with Crippen LogP contribution < -0.4 is 9.47 Å². The van der Waals surface area contributed by atoms with Crippen LogP contribution in [0.2, 0.25) is 5.02 Å². The normalized spacial score (nSPS) is 14.4. The summed E-state index contributed by atoms with van der Waals surface area (Å²) >= 11 is 6.12. The van der Waals surface area contributed by atoms with E-state index >= 15 is 0 Å². The van der Waals surface area contributed by atoms with E-state index in [-0.39, 0.29) is 0 Å². The maximum absolute atomic E-state index is 10.4. The summed E-state index contributed by atoms with van der Waals surface area (Å²) in [5, 5.41) is 11.0. The van der Waals surface area contributed by atoms with Crippen LogP contribution >= 0.6 is 11.6 Å². The van der Waals surface area contributed by atoms with Crippen LogP contribution in [-0.2, 0) is 12.8 Å². The molecule has 1 atom stereocenters. The maximum atomic E-state index is 10.4. The fourth-order valence-electron chi connectivity index (χ4n) is 2.46. The number of nitrogens with zero attached hydrogens (tertiary/aromatic N) is 2. The zero-order valence-corrected chi connectivity index (χ0v) is 12.3. The van der Waals surface area contributed by atoms with Gasteiger partial charge in [0.2, 0.25) is 5.88 Å². The summed E-state index contributed by atoms with van der Waals surface area (Å²) in [6, 6.07) is 5.36. The first-order valence-corrected chi connectivity index (χ1v) is 7.03. The molecule has 0 radical (unpaired) electrons. The lowest BCUT2D eigenvalue weighted by Gasteiger charge is -2.14. The van der Waals surface area contributed by atoms with Crippen LogP contribution in [0.1, 0.15) is 22.9 Å². The molecule has 110 valence electrons. The Balaban J connectivity index is 1.86. The number of ether oxygens (including phenoxy) is 2. The van der Waals surface area contributed by atoms with E-state index in [1.807, 2.05) is 12.1 Å². The average Bonchev–Trinajstić information content (AvgIpc) is 2.95. The summed E-state index contributed by atoms with van der Waals surface area (Å²) < 4.78 is 10.7. The van der Waals surface area contributed by atoms with Gasteiger partial charge in [-0.25, -0.2) is 9.97 Å². The summed E-state index contributed by atoms with van der Waals surface area (Å²) in [5.41, 5.74) is 2.48. The highest BCUT2D eigenvalue weighted by Crippen LogP contribution is 2.35. The van der Waals surface area contributed by atoms with Gasteiger partial charge >= 0.3 is 0 Å². The molecule has 2 heterocycles. The molecule has 21 heavy (non-hydrogen) atoms. The zero-order valence-electron chi connectivity index (χ0n) is 11.5. The van der Waals surface area contributed by atoms with Crippen molar-refractivity contribution in [3.8, 4) is 11.6 Å².